The molecule has 0 spiro atoms. The van der Waals surface area contributed by atoms with Gasteiger partial charge in [-0.25, -0.2) is 12.7 Å². The topological polar surface area (TPSA) is 46.6 Å². The van der Waals surface area contributed by atoms with Crippen molar-refractivity contribution in [1.29, 1.82) is 0 Å². The van der Waals surface area contributed by atoms with E-state index in [2.05, 4.69) is 15.9 Å². The first-order chi connectivity index (χ1) is 6.56. The highest BCUT2D eigenvalue weighted by Gasteiger charge is 2.26. The zero-order valence-corrected chi connectivity index (χ0v) is 10.7. The summed E-state index contributed by atoms with van der Waals surface area (Å²) in [6.45, 7) is 1.53. The number of halogens is 1. The van der Waals surface area contributed by atoms with Gasteiger partial charge in [0.25, 0.3) is 0 Å². The number of sulfonamides is 1. The van der Waals surface area contributed by atoms with E-state index in [-0.39, 0.29) is 12.4 Å². The second-order valence-electron chi connectivity index (χ2n) is 3.38. The molecule has 0 radical (unpaired) electrons. The van der Waals surface area contributed by atoms with Crippen molar-refractivity contribution in [3.8, 4) is 0 Å². The third-order valence-electron chi connectivity index (χ3n) is 2.32. The lowest BCUT2D eigenvalue weighted by Crippen LogP contribution is -2.40. The Morgan fingerprint density at radius 1 is 1.43 bits per heavy atom. The molecule has 0 amide bonds. The third kappa shape index (κ3) is 3.49. The zero-order chi connectivity index (χ0) is 10.6. The number of ether oxygens (including phenoxy) is 1. The molecule has 4 nitrogen and oxygen atoms in total. The Morgan fingerprint density at radius 3 is 2.50 bits per heavy atom. The molecule has 0 bridgehead atoms. The van der Waals surface area contributed by atoms with Gasteiger partial charge >= 0.3 is 0 Å². The maximum atomic E-state index is 11.7. The van der Waals surface area contributed by atoms with Gasteiger partial charge in [0.15, 0.2) is 0 Å². The molecular weight excluding hydrogens is 270 g/mol. The minimum Gasteiger partial charge on any atom is -0.384 e. The first-order valence-electron chi connectivity index (χ1n) is 4.67. The maximum absolute atomic E-state index is 11.7. The number of rotatable bonds is 4. The lowest BCUT2D eigenvalue weighted by Gasteiger charge is -2.28. The molecule has 0 aromatic heterocycles. The van der Waals surface area contributed by atoms with Crippen molar-refractivity contribution in [2.24, 2.45) is 0 Å². The minimum absolute atomic E-state index is 0.0937. The van der Waals surface area contributed by atoms with Crippen molar-refractivity contribution in [2.45, 2.75) is 17.7 Å². The van der Waals surface area contributed by atoms with Gasteiger partial charge in [0, 0.05) is 25.0 Å². The Morgan fingerprint density at radius 2 is 2.00 bits per heavy atom. The van der Waals surface area contributed by atoms with Gasteiger partial charge in [-0.05, 0) is 12.8 Å². The van der Waals surface area contributed by atoms with Gasteiger partial charge in [-0.15, -0.1) is 0 Å². The summed E-state index contributed by atoms with van der Waals surface area (Å²) in [7, 11) is -1.57. The molecule has 0 N–H and O–H groups in total. The van der Waals surface area contributed by atoms with Crippen LogP contribution in [0.3, 0.4) is 0 Å². The average molecular weight is 286 g/mol. The van der Waals surface area contributed by atoms with Crippen LogP contribution in [0.5, 0.6) is 0 Å². The van der Waals surface area contributed by atoms with E-state index in [9.17, 15) is 8.42 Å². The highest BCUT2D eigenvalue weighted by molar-refractivity contribution is 9.09. The number of hydrogen-bond donors (Lipinski definition) is 0. The van der Waals surface area contributed by atoms with Crippen molar-refractivity contribution in [3.63, 3.8) is 0 Å². The van der Waals surface area contributed by atoms with Crippen molar-refractivity contribution in [3.05, 3.63) is 0 Å². The smallest absolute Gasteiger partial charge is 0.216 e. The van der Waals surface area contributed by atoms with Gasteiger partial charge in [-0.3, -0.25) is 0 Å². The van der Waals surface area contributed by atoms with Gasteiger partial charge < -0.3 is 4.74 Å². The van der Waals surface area contributed by atoms with E-state index in [1.54, 1.807) is 4.31 Å². The molecule has 1 aliphatic rings. The van der Waals surface area contributed by atoms with Crippen LogP contribution < -0.4 is 0 Å². The molecule has 1 aliphatic heterocycles. The highest BCUT2D eigenvalue weighted by atomic mass is 79.9. The quantitative estimate of drug-likeness (QED) is 0.719. The van der Waals surface area contributed by atoms with E-state index >= 15 is 0 Å². The van der Waals surface area contributed by atoms with Crippen LogP contribution in [0.25, 0.3) is 0 Å². The maximum Gasteiger partial charge on any atom is 0.216 e. The lowest BCUT2D eigenvalue weighted by atomic mass is 10.2. The minimum atomic E-state index is -3.08. The van der Waals surface area contributed by atoms with Crippen LogP contribution in [0.1, 0.15) is 12.8 Å². The summed E-state index contributed by atoms with van der Waals surface area (Å²) in [6.07, 6.45) is 1.79. The first kappa shape index (κ1) is 12.4. The van der Waals surface area contributed by atoms with Crippen LogP contribution in [0, 0.1) is 0 Å². The molecule has 0 saturated carbocycles. The van der Waals surface area contributed by atoms with Gasteiger partial charge in [0.05, 0.1) is 12.4 Å². The van der Waals surface area contributed by atoms with Crippen molar-refractivity contribution >= 4 is 26.0 Å². The Labute approximate surface area is 93.8 Å². The molecule has 14 heavy (non-hydrogen) atoms. The molecule has 84 valence electrons. The number of hydrogen-bond acceptors (Lipinski definition) is 3. The van der Waals surface area contributed by atoms with Crippen LogP contribution in [0.4, 0.5) is 0 Å². The Kier molecular flexibility index (Phi) is 4.82. The van der Waals surface area contributed by atoms with Crippen LogP contribution >= 0.6 is 15.9 Å². The molecule has 0 aromatic carbocycles. The van der Waals surface area contributed by atoms with Crippen LogP contribution in [-0.4, -0.2) is 50.1 Å². The van der Waals surface area contributed by atoms with Gasteiger partial charge in [0.2, 0.25) is 10.0 Å². The van der Waals surface area contributed by atoms with E-state index in [4.69, 9.17) is 4.74 Å². The number of piperidine rings is 1. The molecule has 1 fully saturated rings. The van der Waals surface area contributed by atoms with Crippen LogP contribution in [0.2, 0.25) is 0 Å². The van der Waals surface area contributed by atoms with Crippen molar-refractivity contribution in [2.75, 3.05) is 32.6 Å². The van der Waals surface area contributed by atoms with Crippen molar-refractivity contribution < 1.29 is 13.2 Å². The summed E-state index contributed by atoms with van der Waals surface area (Å²) in [6, 6.07) is 0. The molecule has 1 saturated heterocycles. The average Bonchev–Trinajstić information content (AvgIpc) is 2.16. The molecule has 0 atom stereocenters. The SMILES string of the molecule is COCCS(=O)(=O)N1CCC(Br)CC1. The fourth-order valence-electron chi connectivity index (χ4n) is 1.42. The zero-order valence-electron chi connectivity index (χ0n) is 8.28. The summed E-state index contributed by atoms with van der Waals surface area (Å²) in [5.74, 6) is 0.0937. The van der Waals surface area contributed by atoms with E-state index in [0.29, 0.717) is 17.9 Å². The first-order valence-corrected chi connectivity index (χ1v) is 7.19. The summed E-state index contributed by atoms with van der Waals surface area (Å²) in [5.41, 5.74) is 0. The third-order valence-corrected chi connectivity index (χ3v) is 5.07. The molecule has 1 rings (SSSR count). The van der Waals surface area contributed by atoms with E-state index in [0.717, 1.165) is 12.8 Å². The Balaban J connectivity index is 2.47. The van der Waals surface area contributed by atoms with Gasteiger partial charge in [-0.1, -0.05) is 15.9 Å². The van der Waals surface area contributed by atoms with Gasteiger partial charge in [0.1, 0.15) is 0 Å². The fraction of sp³-hybridized carbons (Fsp3) is 1.00. The fourth-order valence-corrected chi connectivity index (χ4v) is 3.23. The van der Waals surface area contributed by atoms with E-state index in [1.807, 2.05) is 0 Å². The summed E-state index contributed by atoms with van der Waals surface area (Å²) in [5, 5.41) is 0. The largest absolute Gasteiger partial charge is 0.384 e. The molecule has 0 unspecified atom stereocenters. The highest BCUT2D eigenvalue weighted by Crippen LogP contribution is 2.19. The van der Waals surface area contributed by atoms with E-state index < -0.39 is 10.0 Å². The molecule has 0 aliphatic carbocycles. The molecular formula is C8H16BrNO3S. The summed E-state index contributed by atoms with van der Waals surface area (Å²) < 4.78 is 29.7. The summed E-state index contributed by atoms with van der Waals surface area (Å²) in [4.78, 5) is 0.469. The standard InChI is InChI=1S/C8H16BrNO3S/c1-13-6-7-14(11,12)10-4-2-8(9)3-5-10/h8H,2-7H2,1H3. The Bertz CT molecular complexity index is 260. The van der Waals surface area contributed by atoms with E-state index in [1.165, 1.54) is 7.11 Å². The van der Waals surface area contributed by atoms with Crippen LogP contribution in [0.15, 0.2) is 0 Å². The van der Waals surface area contributed by atoms with Crippen LogP contribution in [-0.2, 0) is 14.8 Å². The predicted molar refractivity (Wildman–Crippen MR) is 59.2 cm³/mol. The predicted octanol–water partition coefficient (Wildman–Crippen LogP) is 0.822. The lowest BCUT2D eigenvalue weighted by molar-refractivity contribution is 0.215. The number of nitrogens with zero attached hydrogens (tertiary/aromatic N) is 1. The number of methoxy groups -OCH3 is 1. The number of alkyl halides is 1. The second-order valence-corrected chi connectivity index (χ2v) is 6.77. The normalized spacial score (nSPS) is 21.3. The van der Waals surface area contributed by atoms with Gasteiger partial charge in [-0.2, -0.15) is 0 Å². The molecule has 6 heteroatoms. The van der Waals surface area contributed by atoms with Crippen molar-refractivity contribution in [1.82, 2.24) is 4.31 Å². The Hall–Kier alpha value is 0.350. The molecule has 1 heterocycles. The second kappa shape index (κ2) is 5.44. The monoisotopic (exact) mass is 285 g/mol. The molecule has 0 aromatic rings. The summed E-state index contributed by atoms with van der Waals surface area (Å²) >= 11 is 3.49.